The average Bonchev–Trinajstić information content (AvgIpc) is 1.96. The predicted octanol–water partition coefficient (Wildman–Crippen LogP) is -0.629. The Morgan fingerprint density at radius 2 is 2.07 bits per heavy atom. The molecule has 1 aliphatic rings. The second kappa shape index (κ2) is 4.94. The third-order valence-electron chi connectivity index (χ3n) is 2.59. The van der Waals surface area contributed by atoms with E-state index in [4.69, 9.17) is 5.73 Å². The second-order valence-corrected chi connectivity index (χ2v) is 6.17. The van der Waals surface area contributed by atoms with Gasteiger partial charge in [0.1, 0.15) is 5.75 Å². The van der Waals surface area contributed by atoms with E-state index in [0.717, 1.165) is 25.5 Å². The van der Waals surface area contributed by atoms with Gasteiger partial charge in [0.05, 0.1) is 0 Å². The van der Waals surface area contributed by atoms with Gasteiger partial charge in [0.25, 0.3) is 0 Å². The van der Waals surface area contributed by atoms with Crippen LogP contribution in [0.4, 0.5) is 0 Å². The number of hydrogen-bond acceptors (Lipinski definition) is 4. The van der Waals surface area contributed by atoms with Crippen molar-refractivity contribution in [2.24, 2.45) is 5.73 Å². The van der Waals surface area contributed by atoms with E-state index in [1.807, 2.05) is 0 Å². The number of carbonyl (C=O) groups is 1. The van der Waals surface area contributed by atoms with Crippen molar-refractivity contribution in [1.29, 1.82) is 0 Å². The minimum atomic E-state index is -3.24. The fourth-order valence-corrected chi connectivity index (χ4v) is 2.27. The smallest absolute Gasteiger partial charge is 0.238 e. The molecule has 0 saturated heterocycles. The Morgan fingerprint density at radius 3 is 2.40 bits per heavy atom. The van der Waals surface area contributed by atoms with Gasteiger partial charge >= 0.3 is 0 Å². The van der Waals surface area contributed by atoms with Gasteiger partial charge < -0.3 is 10.6 Å². The standard InChI is InChI=1S/C9H18N2O3S/c1-15(13,14)7-9(12)11(6-5-10)8-3-2-4-8/h8H,2-7,10H2,1H3. The zero-order valence-corrected chi connectivity index (χ0v) is 9.79. The van der Waals surface area contributed by atoms with Crippen LogP contribution in [0.5, 0.6) is 0 Å². The van der Waals surface area contributed by atoms with E-state index < -0.39 is 15.6 Å². The van der Waals surface area contributed by atoms with E-state index in [1.54, 1.807) is 4.90 Å². The minimum absolute atomic E-state index is 0.211. The Morgan fingerprint density at radius 1 is 1.47 bits per heavy atom. The third kappa shape index (κ3) is 3.79. The van der Waals surface area contributed by atoms with Crippen molar-refractivity contribution in [1.82, 2.24) is 4.90 Å². The van der Waals surface area contributed by atoms with Crippen LogP contribution in [0.2, 0.25) is 0 Å². The summed E-state index contributed by atoms with van der Waals surface area (Å²) >= 11 is 0. The molecular formula is C9H18N2O3S. The molecule has 5 nitrogen and oxygen atoms in total. The normalized spacial score (nSPS) is 17.2. The van der Waals surface area contributed by atoms with Crippen molar-refractivity contribution in [2.75, 3.05) is 25.1 Å². The summed E-state index contributed by atoms with van der Waals surface area (Å²) in [6.45, 7) is 0.838. The average molecular weight is 234 g/mol. The summed E-state index contributed by atoms with van der Waals surface area (Å²) < 4.78 is 22.0. The molecule has 1 saturated carbocycles. The highest BCUT2D eigenvalue weighted by atomic mass is 32.2. The molecule has 88 valence electrons. The maximum absolute atomic E-state index is 11.7. The van der Waals surface area contributed by atoms with Gasteiger partial charge in [0.15, 0.2) is 9.84 Å². The summed E-state index contributed by atoms with van der Waals surface area (Å²) in [5.74, 6) is -0.712. The van der Waals surface area contributed by atoms with Gasteiger partial charge in [-0.05, 0) is 19.3 Å². The number of carbonyl (C=O) groups excluding carboxylic acids is 1. The first-order chi connectivity index (χ1) is 6.94. The SMILES string of the molecule is CS(=O)(=O)CC(=O)N(CCN)C1CCC1. The summed E-state index contributed by atoms with van der Waals surface area (Å²) in [7, 11) is -3.24. The Bertz CT molecular complexity index is 322. The molecule has 6 heteroatoms. The lowest BCUT2D eigenvalue weighted by molar-refractivity contribution is -0.132. The van der Waals surface area contributed by atoms with E-state index in [0.29, 0.717) is 13.1 Å². The molecule has 1 rings (SSSR count). The molecule has 1 amide bonds. The van der Waals surface area contributed by atoms with Crippen molar-refractivity contribution < 1.29 is 13.2 Å². The lowest BCUT2D eigenvalue weighted by atomic mass is 9.91. The largest absolute Gasteiger partial charge is 0.338 e. The van der Waals surface area contributed by atoms with Crippen LogP contribution < -0.4 is 5.73 Å². The van der Waals surface area contributed by atoms with Gasteiger partial charge in [-0.25, -0.2) is 8.42 Å². The zero-order valence-electron chi connectivity index (χ0n) is 8.98. The van der Waals surface area contributed by atoms with Crippen LogP contribution >= 0.6 is 0 Å². The fraction of sp³-hybridized carbons (Fsp3) is 0.889. The molecule has 0 aromatic rings. The van der Waals surface area contributed by atoms with Crippen LogP contribution in [0, 0.1) is 0 Å². The highest BCUT2D eigenvalue weighted by Gasteiger charge is 2.29. The lowest BCUT2D eigenvalue weighted by Crippen LogP contribution is -2.48. The number of nitrogens with two attached hydrogens (primary N) is 1. The first-order valence-corrected chi connectivity index (χ1v) is 7.17. The number of amides is 1. The molecular weight excluding hydrogens is 216 g/mol. The van der Waals surface area contributed by atoms with Crippen LogP contribution in [-0.4, -0.2) is 50.4 Å². The van der Waals surface area contributed by atoms with Crippen molar-refractivity contribution in [3.05, 3.63) is 0 Å². The zero-order chi connectivity index (χ0) is 11.5. The number of rotatable bonds is 5. The Labute approximate surface area is 90.5 Å². The molecule has 0 aromatic carbocycles. The molecule has 0 spiro atoms. The molecule has 1 aliphatic carbocycles. The molecule has 15 heavy (non-hydrogen) atoms. The van der Waals surface area contributed by atoms with E-state index in [2.05, 4.69) is 0 Å². The van der Waals surface area contributed by atoms with Crippen molar-refractivity contribution in [3.8, 4) is 0 Å². The van der Waals surface area contributed by atoms with Crippen LogP contribution in [0.15, 0.2) is 0 Å². The number of hydrogen-bond donors (Lipinski definition) is 1. The van der Waals surface area contributed by atoms with E-state index in [-0.39, 0.29) is 11.9 Å². The van der Waals surface area contributed by atoms with Crippen molar-refractivity contribution in [3.63, 3.8) is 0 Å². The molecule has 0 heterocycles. The Kier molecular flexibility index (Phi) is 4.10. The molecule has 0 radical (unpaired) electrons. The van der Waals surface area contributed by atoms with E-state index in [1.165, 1.54) is 0 Å². The van der Waals surface area contributed by atoms with Crippen LogP contribution in [0.1, 0.15) is 19.3 Å². The molecule has 0 bridgehead atoms. The van der Waals surface area contributed by atoms with Gasteiger partial charge in [-0.2, -0.15) is 0 Å². The third-order valence-corrected chi connectivity index (χ3v) is 3.36. The monoisotopic (exact) mass is 234 g/mol. The summed E-state index contributed by atoms with van der Waals surface area (Å²) in [6.07, 6.45) is 4.12. The molecule has 0 atom stereocenters. The van der Waals surface area contributed by atoms with Crippen LogP contribution in [0.25, 0.3) is 0 Å². The highest BCUT2D eigenvalue weighted by Crippen LogP contribution is 2.24. The lowest BCUT2D eigenvalue weighted by Gasteiger charge is -2.37. The maximum Gasteiger partial charge on any atom is 0.238 e. The summed E-state index contributed by atoms with van der Waals surface area (Å²) in [6, 6.07) is 0.211. The van der Waals surface area contributed by atoms with Gasteiger partial charge in [-0.3, -0.25) is 4.79 Å². The van der Waals surface area contributed by atoms with Gasteiger partial charge in [-0.1, -0.05) is 0 Å². The first kappa shape index (κ1) is 12.4. The topological polar surface area (TPSA) is 80.5 Å². The predicted molar refractivity (Wildman–Crippen MR) is 58.1 cm³/mol. The van der Waals surface area contributed by atoms with Crippen molar-refractivity contribution >= 4 is 15.7 Å². The van der Waals surface area contributed by atoms with Gasteiger partial charge in [-0.15, -0.1) is 0 Å². The van der Waals surface area contributed by atoms with E-state index in [9.17, 15) is 13.2 Å². The minimum Gasteiger partial charge on any atom is -0.338 e. The highest BCUT2D eigenvalue weighted by molar-refractivity contribution is 7.91. The molecule has 1 fully saturated rings. The summed E-state index contributed by atoms with van der Waals surface area (Å²) in [4.78, 5) is 13.3. The molecule has 2 N–H and O–H groups in total. The molecule has 0 aromatic heterocycles. The number of sulfone groups is 1. The maximum atomic E-state index is 11.7. The Balaban J connectivity index is 2.58. The van der Waals surface area contributed by atoms with Crippen LogP contribution in [-0.2, 0) is 14.6 Å². The quantitative estimate of drug-likeness (QED) is 0.687. The van der Waals surface area contributed by atoms with Crippen molar-refractivity contribution in [2.45, 2.75) is 25.3 Å². The first-order valence-electron chi connectivity index (χ1n) is 5.11. The van der Waals surface area contributed by atoms with Crippen LogP contribution in [0.3, 0.4) is 0 Å². The summed E-state index contributed by atoms with van der Waals surface area (Å²) in [5, 5.41) is 0. The number of nitrogens with zero attached hydrogens (tertiary/aromatic N) is 1. The summed E-state index contributed by atoms with van der Waals surface area (Å²) in [5.41, 5.74) is 5.40. The molecule has 0 aliphatic heterocycles. The van der Waals surface area contributed by atoms with Gasteiger partial charge in [0, 0.05) is 25.4 Å². The Hall–Kier alpha value is -0.620. The van der Waals surface area contributed by atoms with Gasteiger partial charge in [0.2, 0.25) is 5.91 Å². The second-order valence-electron chi connectivity index (χ2n) is 4.03. The van der Waals surface area contributed by atoms with E-state index >= 15 is 0 Å². The molecule has 0 unspecified atom stereocenters. The fourth-order valence-electron chi connectivity index (χ4n) is 1.66.